The minimum absolute atomic E-state index is 0.00990. The van der Waals surface area contributed by atoms with Gasteiger partial charge in [0.25, 0.3) is 0 Å². The minimum Gasteiger partial charge on any atom is -0.488 e. The first-order chi connectivity index (χ1) is 12.4. The zero-order valence-corrected chi connectivity index (χ0v) is 16.5. The summed E-state index contributed by atoms with van der Waals surface area (Å²) in [5.41, 5.74) is 2.62. The van der Waals surface area contributed by atoms with Crippen molar-refractivity contribution in [2.24, 2.45) is 0 Å². The average molecular weight is 355 g/mol. The summed E-state index contributed by atoms with van der Waals surface area (Å²) in [5.74, 6) is 0.950. The summed E-state index contributed by atoms with van der Waals surface area (Å²) in [4.78, 5) is 1.57. The Morgan fingerprint density at radius 3 is 2.12 bits per heavy atom. The van der Waals surface area contributed by atoms with E-state index in [1.165, 1.54) is 11.1 Å². The molecule has 26 heavy (non-hydrogen) atoms. The lowest BCUT2D eigenvalue weighted by Gasteiger charge is -2.32. The molecule has 2 atom stereocenters. The van der Waals surface area contributed by atoms with Gasteiger partial charge >= 0.3 is 0 Å². The molecule has 3 heteroatoms. The number of nitrogens with one attached hydrogen (secondary N) is 1. The maximum absolute atomic E-state index is 5.99. The number of hydrogen-bond acceptors (Lipinski definition) is 2. The lowest BCUT2D eigenvalue weighted by molar-refractivity contribution is -0.915. The van der Waals surface area contributed by atoms with E-state index in [9.17, 15) is 0 Å². The van der Waals surface area contributed by atoms with Crippen LogP contribution in [0.5, 0.6) is 5.75 Å². The molecule has 3 rings (SSSR count). The molecular weight excluding hydrogens is 322 g/mol. The number of hydrogen-bond donors (Lipinski definition) is 1. The third-order valence-electron chi connectivity index (χ3n) is 5.41. The van der Waals surface area contributed by atoms with Crippen molar-refractivity contribution >= 4 is 0 Å². The summed E-state index contributed by atoms with van der Waals surface area (Å²) < 4.78 is 11.8. The summed E-state index contributed by atoms with van der Waals surface area (Å²) in [6.45, 7) is 12.7. The molecule has 1 aliphatic heterocycles. The highest BCUT2D eigenvalue weighted by molar-refractivity contribution is 5.39. The Morgan fingerprint density at radius 2 is 1.50 bits per heavy atom. The first-order valence-corrected chi connectivity index (χ1v) is 9.73. The average Bonchev–Trinajstić information content (AvgIpc) is 2.62. The molecule has 0 spiro atoms. The van der Waals surface area contributed by atoms with Crippen LogP contribution < -0.4 is 9.64 Å². The molecule has 0 unspecified atom stereocenters. The van der Waals surface area contributed by atoms with E-state index in [0.717, 1.165) is 32.0 Å². The normalized spacial score (nSPS) is 23.6. The zero-order chi connectivity index (χ0) is 18.6. The van der Waals surface area contributed by atoms with Gasteiger partial charge in [0.15, 0.2) is 0 Å². The Kier molecular flexibility index (Phi) is 6.00. The summed E-state index contributed by atoms with van der Waals surface area (Å²) in [5, 5.41) is 0. The molecule has 0 radical (unpaired) electrons. The molecule has 0 aliphatic carbocycles. The van der Waals surface area contributed by atoms with Gasteiger partial charge < -0.3 is 14.4 Å². The molecule has 2 aromatic rings. The second-order valence-electron chi connectivity index (χ2n) is 8.03. The summed E-state index contributed by atoms with van der Waals surface area (Å²) in [6, 6.07) is 19.2. The smallest absolute Gasteiger partial charge is 0.137 e. The first-order valence-electron chi connectivity index (χ1n) is 9.73. The maximum atomic E-state index is 5.99. The Morgan fingerprint density at radius 1 is 0.923 bits per heavy atom. The van der Waals surface area contributed by atoms with Crippen LogP contribution >= 0.6 is 0 Å². The SMILES string of the molecule is C[C@@H]1C[NH+](CCOc2ccc(C(C)(C)c3ccccc3)cc2)C[C@@H](C)O1. The maximum Gasteiger partial charge on any atom is 0.137 e. The van der Waals surface area contributed by atoms with Crippen molar-refractivity contribution in [1.82, 2.24) is 0 Å². The molecule has 0 amide bonds. The lowest BCUT2D eigenvalue weighted by Crippen LogP contribution is -3.16. The predicted octanol–water partition coefficient (Wildman–Crippen LogP) is 3.08. The van der Waals surface area contributed by atoms with E-state index in [1.807, 2.05) is 0 Å². The Hall–Kier alpha value is -1.84. The standard InChI is InChI=1S/C23H31NO2/c1-18-16-24(17-19(2)26-18)14-15-25-22-12-10-21(11-13-22)23(3,4)20-8-6-5-7-9-20/h5-13,18-19H,14-17H2,1-4H3/p+1/t18-,19-/m1/s1. The van der Waals surface area contributed by atoms with E-state index in [4.69, 9.17) is 9.47 Å². The van der Waals surface area contributed by atoms with Crippen LogP contribution in [0.3, 0.4) is 0 Å². The van der Waals surface area contributed by atoms with Crippen LogP contribution in [0.15, 0.2) is 54.6 Å². The van der Waals surface area contributed by atoms with Gasteiger partial charge in [0.1, 0.15) is 44.2 Å². The Balaban J connectivity index is 1.55. The van der Waals surface area contributed by atoms with Gasteiger partial charge in [-0.2, -0.15) is 0 Å². The van der Waals surface area contributed by atoms with Gasteiger partial charge in [-0.05, 0) is 37.1 Å². The number of benzene rings is 2. The van der Waals surface area contributed by atoms with Gasteiger partial charge in [-0.1, -0.05) is 56.3 Å². The van der Waals surface area contributed by atoms with Gasteiger partial charge in [0.2, 0.25) is 0 Å². The zero-order valence-electron chi connectivity index (χ0n) is 16.5. The van der Waals surface area contributed by atoms with Crippen LogP contribution in [0.25, 0.3) is 0 Å². The van der Waals surface area contributed by atoms with Crippen molar-refractivity contribution < 1.29 is 14.4 Å². The molecule has 1 aliphatic rings. The fourth-order valence-corrected chi connectivity index (χ4v) is 3.90. The molecule has 2 aromatic carbocycles. The van der Waals surface area contributed by atoms with Gasteiger partial charge in [-0.25, -0.2) is 0 Å². The van der Waals surface area contributed by atoms with Crippen LogP contribution in [-0.4, -0.2) is 38.4 Å². The number of rotatable bonds is 6. The summed E-state index contributed by atoms with van der Waals surface area (Å²) in [6.07, 6.45) is 0.682. The molecule has 1 heterocycles. The first kappa shape index (κ1) is 18.9. The lowest BCUT2D eigenvalue weighted by atomic mass is 9.78. The van der Waals surface area contributed by atoms with Crippen molar-refractivity contribution in [3.05, 3.63) is 65.7 Å². The van der Waals surface area contributed by atoms with E-state index in [2.05, 4.69) is 82.3 Å². The molecule has 140 valence electrons. The van der Waals surface area contributed by atoms with Crippen LogP contribution in [0.2, 0.25) is 0 Å². The highest BCUT2D eigenvalue weighted by atomic mass is 16.5. The van der Waals surface area contributed by atoms with E-state index >= 15 is 0 Å². The third kappa shape index (κ3) is 4.66. The number of morpholine rings is 1. The summed E-state index contributed by atoms with van der Waals surface area (Å²) in [7, 11) is 0. The molecule has 1 saturated heterocycles. The molecular formula is C23H32NO2+. The summed E-state index contributed by atoms with van der Waals surface area (Å²) >= 11 is 0. The van der Waals surface area contributed by atoms with Gasteiger partial charge in [0.05, 0.1) is 0 Å². The topological polar surface area (TPSA) is 22.9 Å². The largest absolute Gasteiger partial charge is 0.488 e. The molecule has 1 N–H and O–H groups in total. The van der Waals surface area contributed by atoms with Gasteiger partial charge in [-0.15, -0.1) is 0 Å². The highest BCUT2D eigenvalue weighted by Gasteiger charge is 2.25. The molecule has 0 bridgehead atoms. The monoisotopic (exact) mass is 354 g/mol. The van der Waals surface area contributed by atoms with Crippen LogP contribution in [0.4, 0.5) is 0 Å². The number of ether oxygens (including phenoxy) is 2. The predicted molar refractivity (Wildman–Crippen MR) is 106 cm³/mol. The number of quaternary nitrogens is 1. The minimum atomic E-state index is -0.00990. The van der Waals surface area contributed by atoms with Crippen molar-refractivity contribution in [3.8, 4) is 5.75 Å². The van der Waals surface area contributed by atoms with Gasteiger partial charge in [-0.3, -0.25) is 0 Å². The van der Waals surface area contributed by atoms with Crippen molar-refractivity contribution in [2.75, 3.05) is 26.2 Å². The van der Waals surface area contributed by atoms with Crippen molar-refractivity contribution in [2.45, 2.75) is 45.3 Å². The fourth-order valence-electron chi connectivity index (χ4n) is 3.90. The molecule has 1 fully saturated rings. The molecule has 3 nitrogen and oxygen atoms in total. The van der Waals surface area contributed by atoms with E-state index in [0.29, 0.717) is 12.2 Å². The van der Waals surface area contributed by atoms with E-state index in [1.54, 1.807) is 4.90 Å². The van der Waals surface area contributed by atoms with Crippen LogP contribution in [-0.2, 0) is 10.2 Å². The fraction of sp³-hybridized carbons (Fsp3) is 0.478. The van der Waals surface area contributed by atoms with E-state index < -0.39 is 0 Å². The molecule has 0 aromatic heterocycles. The Bertz CT molecular complexity index is 671. The van der Waals surface area contributed by atoms with Crippen LogP contribution in [0, 0.1) is 0 Å². The van der Waals surface area contributed by atoms with Gasteiger partial charge in [0, 0.05) is 5.41 Å². The second-order valence-corrected chi connectivity index (χ2v) is 8.03. The molecule has 0 saturated carbocycles. The quantitative estimate of drug-likeness (QED) is 0.861. The highest BCUT2D eigenvalue weighted by Crippen LogP contribution is 2.32. The van der Waals surface area contributed by atoms with Crippen molar-refractivity contribution in [3.63, 3.8) is 0 Å². The second kappa shape index (κ2) is 8.24. The third-order valence-corrected chi connectivity index (χ3v) is 5.41. The van der Waals surface area contributed by atoms with Crippen LogP contribution in [0.1, 0.15) is 38.8 Å². The van der Waals surface area contributed by atoms with Crippen molar-refractivity contribution in [1.29, 1.82) is 0 Å². The Labute approximate surface area is 157 Å². The van der Waals surface area contributed by atoms with E-state index in [-0.39, 0.29) is 5.41 Å².